The van der Waals surface area contributed by atoms with Gasteiger partial charge in [-0.15, -0.1) is 12.4 Å². The molecule has 130 valence electrons. The Balaban J connectivity index is 0.00000208. The minimum Gasteiger partial charge on any atom is -0.461 e. The van der Waals surface area contributed by atoms with Crippen LogP contribution in [0, 0.1) is 5.82 Å². The normalized spacial score (nSPS) is 14.9. The predicted octanol–water partition coefficient (Wildman–Crippen LogP) is 3.31. The van der Waals surface area contributed by atoms with Crippen molar-refractivity contribution in [3.63, 3.8) is 0 Å². The van der Waals surface area contributed by atoms with E-state index in [0.29, 0.717) is 29.9 Å². The highest BCUT2D eigenvalue weighted by atomic mass is 35.5. The fourth-order valence-corrected chi connectivity index (χ4v) is 2.82. The van der Waals surface area contributed by atoms with E-state index in [4.69, 9.17) is 4.42 Å². The number of hydrogen-bond acceptors (Lipinski definition) is 3. The molecule has 3 rings (SSSR count). The number of furan rings is 1. The lowest BCUT2D eigenvalue weighted by Crippen LogP contribution is -2.42. The van der Waals surface area contributed by atoms with E-state index in [2.05, 4.69) is 10.6 Å². The zero-order valence-corrected chi connectivity index (χ0v) is 14.2. The summed E-state index contributed by atoms with van der Waals surface area (Å²) in [7, 11) is 0. The second-order valence-corrected chi connectivity index (χ2v) is 5.84. The SMILES string of the molecule is Cl.O=C(CCc1ccc(-c2ccccc2F)o1)NC1CCNCC1. The van der Waals surface area contributed by atoms with Crippen LogP contribution in [0.5, 0.6) is 0 Å². The lowest BCUT2D eigenvalue weighted by Gasteiger charge is -2.23. The molecule has 2 heterocycles. The van der Waals surface area contributed by atoms with Crippen LogP contribution in [0.25, 0.3) is 11.3 Å². The molecule has 1 fully saturated rings. The number of piperidine rings is 1. The van der Waals surface area contributed by atoms with Crippen LogP contribution in [0.3, 0.4) is 0 Å². The number of rotatable bonds is 5. The van der Waals surface area contributed by atoms with Gasteiger partial charge < -0.3 is 15.1 Å². The van der Waals surface area contributed by atoms with Crippen LogP contribution >= 0.6 is 12.4 Å². The van der Waals surface area contributed by atoms with E-state index < -0.39 is 0 Å². The Kier molecular flexibility index (Phi) is 6.82. The highest BCUT2D eigenvalue weighted by Gasteiger charge is 2.16. The molecular formula is C18H22ClFN2O2. The first-order valence-electron chi connectivity index (χ1n) is 8.06. The van der Waals surface area contributed by atoms with Gasteiger partial charge in [0, 0.05) is 18.9 Å². The fourth-order valence-electron chi connectivity index (χ4n) is 2.82. The van der Waals surface area contributed by atoms with Crippen molar-refractivity contribution in [2.45, 2.75) is 31.7 Å². The lowest BCUT2D eigenvalue weighted by atomic mass is 10.1. The summed E-state index contributed by atoms with van der Waals surface area (Å²) in [5, 5.41) is 6.33. The number of halogens is 2. The van der Waals surface area contributed by atoms with Gasteiger partial charge in [-0.2, -0.15) is 0 Å². The molecule has 1 aliphatic rings. The third kappa shape index (κ3) is 4.82. The zero-order chi connectivity index (χ0) is 16.1. The zero-order valence-electron chi connectivity index (χ0n) is 13.4. The number of aryl methyl sites for hydroxylation is 1. The van der Waals surface area contributed by atoms with Crippen molar-refractivity contribution in [2.24, 2.45) is 0 Å². The second-order valence-electron chi connectivity index (χ2n) is 5.84. The molecule has 0 aliphatic carbocycles. The van der Waals surface area contributed by atoms with Gasteiger partial charge in [-0.25, -0.2) is 4.39 Å². The first-order chi connectivity index (χ1) is 11.2. The van der Waals surface area contributed by atoms with Gasteiger partial charge in [0.25, 0.3) is 0 Å². The third-order valence-electron chi connectivity index (χ3n) is 4.10. The number of benzene rings is 1. The Bertz CT molecular complexity index is 669. The smallest absolute Gasteiger partial charge is 0.220 e. The van der Waals surface area contributed by atoms with Crippen molar-refractivity contribution in [1.82, 2.24) is 10.6 Å². The summed E-state index contributed by atoms with van der Waals surface area (Å²) in [6, 6.07) is 10.3. The maximum absolute atomic E-state index is 13.7. The Labute approximate surface area is 147 Å². The van der Waals surface area contributed by atoms with Gasteiger partial charge >= 0.3 is 0 Å². The maximum Gasteiger partial charge on any atom is 0.220 e. The van der Waals surface area contributed by atoms with Crippen molar-refractivity contribution in [2.75, 3.05) is 13.1 Å². The monoisotopic (exact) mass is 352 g/mol. The molecule has 1 aromatic heterocycles. The van der Waals surface area contributed by atoms with Gasteiger partial charge in [-0.1, -0.05) is 12.1 Å². The summed E-state index contributed by atoms with van der Waals surface area (Å²) in [5.74, 6) is 0.929. The van der Waals surface area contributed by atoms with E-state index in [0.717, 1.165) is 25.9 Å². The Morgan fingerprint density at radius 3 is 2.71 bits per heavy atom. The highest BCUT2D eigenvalue weighted by molar-refractivity contribution is 5.85. The van der Waals surface area contributed by atoms with E-state index in [1.165, 1.54) is 6.07 Å². The van der Waals surface area contributed by atoms with Crippen LogP contribution in [0.4, 0.5) is 4.39 Å². The molecule has 2 N–H and O–H groups in total. The number of hydrogen-bond donors (Lipinski definition) is 2. The quantitative estimate of drug-likeness (QED) is 0.868. The van der Waals surface area contributed by atoms with Crippen LogP contribution in [0.2, 0.25) is 0 Å². The molecule has 0 saturated carbocycles. The maximum atomic E-state index is 13.7. The molecule has 0 spiro atoms. The van der Waals surface area contributed by atoms with Gasteiger partial charge in [0.15, 0.2) is 0 Å². The molecule has 0 atom stereocenters. The number of amides is 1. The number of carbonyl (C=O) groups excluding carboxylic acids is 1. The molecule has 1 aromatic carbocycles. The number of nitrogens with one attached hydrogen (secondary N) is 2. The molecule has 1 aliphatic heterocycles. The molecule has 0 bridgehead atoms. The summed E-state index contributed by atoms with van der Waals surface area (Å²) >= 11 is 0. The van der Waals surface area contributed by atoms with Gasteiger partial charge in [0.2, 0.25) is 5.91 Å². The van der Waals surface area contributed by atoms with E-state index in [9.17, 15) is 9.18 Å². The summed E-state index contributed by atoms with van der Waals surface area (Å²) in [6.07, 6.45) is 2.85. The average molecular weight is 353 g/mol. The van der Waals surface area contributed by atoms with Crippen molar-refractivity contribution in [1.29, 1.82) is 0 Å². The minimum absolute atomic E-state index is 0. The van der Waals surface area contributed by atoms with Gasteiger partial charge in [-0.05, 0) is 50.2 Å². The standard InChI is InChI=1S/C18H21FN2O2.ClH/c19-16-4-2-1-3-15(16)17-7-5-14(23-17)6-8-18(22)21-13-9-11-20-12-10-13;/h1-5,7,13,20H,6,8-12H2,(H,21,22);1H. The molecule has 1 saturated heterocycles. The summed E-state index contributed by atoms with van der Waals surface area (Å²) < 4.78 is 19.4. The minimum atomic E-state index is -0.308. The average Bonchev–Trinajstić information content (AvgIpc) is 3.03. The van der Waals surface area contributed by atoms with Gasteiger partial charge in [-0.3, -0.25) is 4.79 Å². The molecule has 6 heteroatoms. The second kappa shape index (κ2) is 8.85. The van der Waals surface area contributed by atoms with Crippen LogP contribution in [0.15, 0.2) is 40.8 Å². The van der Waals surface area contributed by atoms with Gasteiger partial charge in [0.1, 0.15) is 17.3 Å². The molecule has 0 unspecified atom stereocenters. The van der Waals surface area contributed by atoms with Crippen molar-refractivity contribution < 1.29 is 13.6 Å². The summed E-state index contributed by atoms with van der Waals surface area (Å²) in [4.78, 5) is 12.0. The molecule has 0 radical (unpaired) electrons. The Hall–Kier alpha value is -1.85. The molecule has 4 nitrogen and oxygen atoms in total. The lowest BCUT2D eigenvalue weighted by molar-refractivity contribution is -0.122. The van der Waals surface area contributed by atoms with Gasteiger partial charge in [0.05, 0.1) is 5.56 Å². The van der Waals surface area contributed by atoms with Crippen LogP contribution in [-0.2, 0) is 11.2 Å². The predicted molar refractivity (Wildman–Crippen MR) is 93.7 cm³/mol. The van der Waals surface area contributed by atoms with Crippen LogP contribution in [-0.4, -0.2) is 25.0 Å². The Morgan fingerprint density at radius 1 is 1.21 bits per heavy atom. The van der Waals surface area contributed by atoms with Crippen LogP contribution < -0.4 is 10.6 Å². The Morgan fingerprint density at radius 2 is 1.96 bits per heavy atom. The fraction of sp³-hybridized carbons (Fsp3) is 0.389. The summed E-state index contributed by atoms with van der Waals surface area (Å²) in [5.41, 5.74) is 0.443. The largest absolute Gasteiger partial charge is 0.461 e. The van der Waals surface area contributed by atoms with E-state index in [1.54, 1.807) is 30.3 Å². The third-order valence-corrected chi connectivity index (χ3v) is 4.10. The van der Waals surface area contributed by atoms with Crippen LogP contribution in [0.1, 0.15) is 25.0 Å². The summed E-state index contributed by atoms with van der Waals surface area (Å²) in [6.45, 7) is 1.91. The molecule has 1 amide bonds. The van der Waals surface area contributed by atoms with Crippen molar-refractivity contribution in [3.05, 3.63) is 48.0 Å². The first kappa shape index (κ1) is 18.5. The topological polar surface area (TPSA) is 54.3 Å². The van der Waals surface area contributed by atoms with Crippen molar-refractivity contribution >= 4 is 18.3 Å². The highest BCUT2D eigenvalue weighted by Crippen LogP contribution is 2.25. The van der Waals surface area contributed by atoms with E-state index >= 15 is 0 Å². The number of carbonyl (C=O) groups is 1. The van der Waals surface area contributed by atoms with E-state index in [-0.39, 0.29) is 30.2 Å². The van der Waals surface area contributed by atoms with Crippen molar-refractivity contribution in [3.8, 4) is 11.3 Å². The molecule has 24 heavy (non-hydrogen) atoms. The molecule has 2 aromatic rings. The first-order valence-corrected chi connectivity index (χ1v) is 8.06. The molecular weight excluding hydrogens is 331 g/mol. The van der Waals surface area contributed by atoms with E-state index in [1.807, 2.05) is 0 Å².